The summed E-state index contributed by atoms with van der Waals surface area (Å²) in [6.45, 7) is 4.13. The number of alkyl halides is 1. The van der Waals surface area contributed by atoms with Crippen LogP contribution in [0.1, 0.15) is 37.0 Å². The van der Waals surface area contributed by atoms with Crippen LogP contribution in [0.3, 0.4) is 0 Å². The van der Waals surface area contributed by atoms with E-state index in [0.29, 0.717) is 23.6 Å². The third-order valence-corrected chi connectivity index (χ3v) is 3.55. The molecular weight excluding hydrogens is 322 g/mol. The minimum absolute atomic E-state index is 0.00831. The van der Waals surface area contributed by atoms with Crippen LogP contribution in [-0.2, 0) is 4.79 Å². The van der Waals surface area contributed by atoms with Gasteiger partial charge in [0.1, 0.15) is 5.75 Å². The second kappa shape index (κ2) is 6.39. The zero-order valence-electron chi connectivity index (χ0n) is 11.6. The smallest absolute Gasteiger partial charge is 0.227 e. The molecule has 1 saturated carbocycles. The summed E-state index contributed by atoms with van der Waals surface area (Å²) in [6.07, 6.45) is 1.90. The molecule has 1 aliphatic carbocycles. The van der Waals surface area contributed by atoms with E-state index in [4.69, 9.17) is 4.74 Å². The third-order valence-electron chi connectivity index (χ3n) is 3.13. The van der Waals surface area contributed by atoms with E-state index in [1.807, 2.05) is 6.92 Å². The van der Waals surface area contributed by atoms with Gasteiger partial charge in [0.05, 0.1) is 17.1 Å². The van der Waals surface area contributed by atoms with Crippen LogP contribution < -0.4 is 10.1 Å². The monoisotopic (exact) mass is 339 g/mol. The Kier molecular flexibility index (Phi) is 4.81. The van der Waals surface area contributed by atoms with Gasteiger partial charge in [0.25, 0.3) is 0 Å². The van der Waals surface area contributed by atoms with E-state index in [0.717, 1.165) is 12.8 Å². The predicted molar refractivity (Wildman–Crippen MR) is 81.7 cm³/mol. The van der Waals surface area contributed by atoms with Gasteiger partial charge in [0.15, 0.2) is 5.78 Å². The van der Waals surface area contributed by atoms with Crippen LogP contribution in [0, 0.1) is 5.92 Å². The van der Waals surface area contributed by atoms with Gasteiger partial charge in [-0.3, -0.25) is 9.59 Å². The molecule has 1 atom stereocenters. The lowest BCUT2D eigenvalue weighted by molar-refractivity contribution is -0.117. The van der Waals surface area contributed by atoms with E-state index in [1.165, 1.54) is 0 Å². The van der Waals surface area contributed by atoms with Gasteiger partial charge in [0, 0.05) is 11.5 Å². The van der Waals surface area contributed by atoms with Crippen molar-refractivity contribution in [1.29, 1.82) is 0 Å². The summed E-state index contributed by atoms with van der Waals surface area (Å²) in [7, 11) is 0. The van der Waals surface area contributed by atoms with E-state index >= 15 is 0 Å². The summed E-state index contributed by atoms with van der Waals surface area (Å²) < 4.78 is 5.53. The maximum atomic E-state index is 12.0. The first kappa shape index (κ1) is 15.0. The van der Waals surface area contributed by atoms with Gasteiger partial charge in [-0.25, -0.2) is 0 Å². The minimum Gasteiger partial charge on any atom is -0.492 e. The van der Waals surface area contributed by atoms with E-state index < -0.39 is 0 Å². The molecular formula is C15H18BrNO3. The normalized spacial score (nSPS) is 15.6. The Labute approximate surface area is 127 Å². The molecule has 108 valence electrons. The Bertz CT molecular complexity index is 524. The maximum Gasteiger partial charge on any atom is 0.227 e. The molecule has 1 aromatic rings. The third kappa shape index (κ3) is 3.60. The molecule has 4 nitrogen and oxygen atoms in total. The first-order valence-corrected chi connectivity index (χ1v) is 7.70. The van der Waals surface area contributed by atoms with Gasteiger partial charge >= 0.3 is 0 Å². The topological polar surface area (TPSA) is 55.4 Å². The highest BCUT2D eigenvalue weighted by atomic mass is 79.9. The van der Waals surface area contributed by atoms with Crippen LogP contribution in [0.5, 0.6) is 5.75 Å². The van der Waals surface area contributed by atoms with Crippen LogP contribution in [0.25, 0.3) is 0 Å². The highest BCUT2D eigenvalue weighted by Gasteiger charge is 2.30. The van der Waals surface area contributed by atoms with Gasteiger partial charge in [-0.1, -0.05) is 15.9 Å². The molecule has 1 fully saturated rings. The number of carbonyl (C=O) groups is 2. The molecule has 0 aromatic heterocycles. The zero-order chi connectivity index (χ0) is 14.7. The van der Waals surface area contributed by atoms with Crippen LogP contribution in [0.4, 0.5) is 5.69 Å². The average Bonchev–Trinajstić information content (AvgIpc) is 3.24. The van der Waals surface area contributed by atoms with Crippen molar-refractivity contribution in [3.63, 3.8) is 0 Å². The summed E-state index contributed by atoms with van der Waals surface area (Å²) in [5.74, 6) is 0.693. The predicted octanol–water partition coefficient (Wildman–Crippen LogP) is 3.40. The Balaban J connectivity index is 2.22. The molecule has 1 amide bonds. The summed E-state index contributed by atoms with van der Waals surface area (Å²) in [5.41, 5.74) is 1.20. The van der Waals surface area contributed by atoms with Crippen molar-refractivity contribution >= 4 is 33.3 Å². The second-order valence-electron chi connectivity index (χ2n) is 4.89. The summed E-state index contributed by atoms with van der Waals surface area (Å²) in [4.78, 5) is 23.5. The SMILES string of the molecule is CCOc1cc(C(=O)C(C)Br)ccc1NC(=O)C1CC1. The van der Waals surface area contributed by atoms with Crippen molar-refractivity contribution in [2.24, 2.45) is 5.92 Å². The number of Topliss-reactive ketones (excluding diaryl/α,β-unsaturated/α-hetero) is 1. The molecule has 1 aliphatic rings. The molecule has 0 spiro atoms. The number of anilines is 1. The standard InChI is InChI=1S/C15H18BrNO3/c1-3-20-13-8-11(14(18)9(2)16)6-7-12(13)17-15(19)10-4-5-10/h6-10H,3-5H2,1-2H3,(H,17,19). The molecule has 0 saturated heterocycles. The number of rotatable bonds is 6. The average molecular weight is 340 g/mol. The second-order valence-corrected chi connectivity index (χ2v) is 6.26. The molecule has 0 heterocycles. The molecule has 5 heteroatoms. The Morgan fingerprint density at radius 3 is 2.70 bits per heavy atom. The Hall–Kier alpha value is -1.36. The lowest BCUT2D eigenvalue weighted by Gasteiger charge is -2.13. The quantitative estimate of drug-likeness (QED) is 0.638. The van der Waals surface area contributed by atoms with Crippen molar-refractivity contribution in [3.05, 3.63) is 23.8 Å². The Morgan fingerprint density at radius 2 is 2.15 bits per heavy atom. The summed E-state index contributed by atoms with van der Waals surface area (Å²) in [6, 6.07) is 5.13. The molecule has 1 aromatic carbocycles. The first-order valence-electron chi connectivity index (χ1n) is 6.79. The van der Waals surface area contributed by atoms with Crippen LogP contribution in [0.2, 0.25) is 0 Å². The lowest BCUT2D eigenvalue weighted by Crippen LogP contribution is -2.15. The van der Waals surface area contributed by atoms with Crippen LogP contribution in [0.15, 0.2) is 18.2 Å². The molecule has 1 unspecified atom stereocenters. The largest absolute Gasteiger partial charge is 0.492 e. The fourth-order valence-corrected chi connectivity index (χ4v) is 2.13. The zero-order valence-corrected chi connectivity index (χ0v) is 13.2. The number of halogens is 1. The van der Waals surface area contributed by atoms with Gasteiger partial charge in [0.2, 0.25) is 5.91 Å². The Morgan fingerprint density at radius 1 is 1.45 bits per heavy atom. The highest BCUT2D eigenvalue weighted by molar-refractivity contribution is 9.10. The molecule has 0 aliphatic heterocycles. The minimum atomic E-state index is -0.246. The number of ether oxygens (including phenoxy) is 1. The number of carbonyl (C=O) groups excluding carboxylic acids is 2. The van der Waals surface area contributed by atoms with E-state index in [2.05, 4.69) is 21.2 Å². The molecule has 2 rings (SSSR count). The molecule has 0 radical (unpaired) electrons. The fourth-order valence-electron chi connectivity index (χ4n) is 1.86. The summed E-state index contributed by atoms with van der Waals surface area (Å²) in [5, 5.41) is 2.87. The summed E-state index contributed by atoms with van der Waals surface area (Å²) >= 11 is 3.27. The highest BCUT2D eigenvalue weighted by Crippen LogP contribution is 2.33. The van der Waals surface area contributed by atoms with E-state index in [9.17, 15) is 9.59 Å². The van der Waals surface area contributed by atoms with E-state index in [-0.39, 0.29) is 22.4 Å². The lowest BCUT2D eigenvalue weighted by atomic mass is 10.1. The van der Waals surface area contributed by atoms with Gasteiger partial charge < -0.3 is 10.1 Å². The number of ketones is 1. The fraction of sp³-hybridized carbons (Fsp3) is 0.467. The van der Waals surface area contributed by atoms with Gasteiger partial charge in [-0.2, -0.15) is 0 Å². The first-order chi connectivity index (χ1) is 9.52. The number of nitrogens with one attached hydrogen (secondary N) is 1. The molecule has 20 heavy (non-hydrogen) atoms. The van der Waals surface area contributed by atoms with Crippen molar-refractivity contribution in [2.75, 3.05) is 11.9 Å². The number of benzene rings is 1. The van der Waals surface area contributed by atoms with Crippen LogP contribution in [-0.4, -0.2) is 23.1 Å². The number of hydrogen-bond acceptors (Lipinski definition) is 3. The van der Waals surface area contributed by atoms with Crippen molar-refractivity contribution in [3.8, 4) is 5.75 Å². The maximum absolute atomic E-state index is 12.0. The van der Waals surface area contributed by atoms with Gasteiger partial charge in [-0.15, -0.1) is 0 Å². The van der Waals surface area contributed by atoms with Crippen molar-refractivity contribution in [1.82, 2.24) is 0 Å². The number of hydrogen-bond donors (Lipinski definition) is 1. The van der Waals surface area contributed by atoms with E-state index in [1.54, 1.807) is 25.1 Å². The van der Waals surface area contributed by atoms with Crippen LogP contribution >= 0.6 is 15.9 Å². The molecule has 1 N–H and O–H groups in total. The molecule has 0 bridgehead atoms. The number of amides is 1. The van der Waals surface area contributed by atoms with Gasteiger partial charge in [-0.05, 0) is 44.9 Å². The van der Waals surface area contributed by atoms with Crippen molar-refractivity contribution < 1.29 is 14.3 Å². The van der Waals surface area contributed by atoms with Crippen molar-refractivity contribution in [2.45, 2.75) is 31.5 Å².